The quantitative estimate of drug-likeness (QED) is 0.287. The smallest absolute Gasteiger partial charge is 0.317 e. The Kier molecular flexibility index (Phi) is 5.77. The third-order valence-corrected chi connectivity index (χ3v) is 7.47. The van der Waals surface area contributed by atoms with Crippen LogP contribution in [0.5, 0.6) is 0 Å². The van der Waals surface area contributed by atoms with E-state index in [1.165, 1.54) is 0 Å². The highest BCUT2D eigenvalue weighted by Gasteiger charge is 2.56. The monoisotopic (exact) mass is 487 g/mol. The minimum atomic E-state index is -1.70. The van der Waals surface area contributed by atoms with Gasteiger partial charge >= 0.3 is 5.97 Å². The van der Waals surface area contributed by atoms with Crippen molar-refractivity contribution >= 4 is 35.2 Å². The highest BCUT2D eigenvalue weighted by Crippen LogP contribution is 2.47. The van der Waals surface area contributed by atoms with Gasteiger partial charge in [0.05, 0.1) is 11.1 Å². The number of carbonyl (C=O) groups is 4. The van der Waals surface area contributed by atoms with Gasteiger partial charge in [0.1, 0.15) is 5.41 Å². The summed E-state index contributed by atoms with van der Waals surface area (Å²) in [7, 11) is 0. The van der Waals surface area contributed by atoms with Crippen molar-refractivity contribution in [2.45, 2.75) is 19.3 Å². The van der Waals surface area contributed by atoms with E-state index in [0.717, 1.165) is 16.0 Å². The third kappa shape index (κ3) is 3.74. The van der Waals surface area contributed by atoms with E-state index in [2.05, 4.69) is 0 Å². The molecule has 1 saturated carbocycles. The third-order valence-electron chi connectivity index (χ3n) is 7.21. The molecule has 0 saturated heterocycles. The number of halogens is 1. The first-order valence-corrected chi connectivity index (χ1v) is 11.8. The van der Waals surface area contributed by atoms with Crippen LogP contribution in [0, 0.1) is 11.3 Å². The lowest BCUT2D eigenvalue weighted by atomic mass is 9.71. The fourth-order valence-electron chi connectivity index (χ4n) is 5.34. The molecule has 0 spiro atoms. The first-order valence-electron chi connectivity index (χ1n) is 11.4. The summed E-state index contributed by atoms with van der Waals surface area (Å²) in [5, 5.41) is 10.9. The van der Waals surface area contributed by atoms with E-state index in [1.807, 2.05) is 12.1 Å². The molecule has 5 rings (SSSR count). The Bertz CT molecular complexity index is 1310. The van der Waals surface area contributed by atoms with Crippen molar-refractivity contribution in [2.24, 2.45) is 11.3 Å². The van der Waals surface area contributed by atoms with Crippen molar-refractivity contribution in [3.05, 3.63) is 94.5 Å². The van der Waals surface area contributed by atoms with Crippen molar-refractivity contribution in [3.63, 3.8) is 0 Å². The van der Waals surface area contributed by atoms with Crippen LogP contribution in [0.25, 0.3) is 11.1 Å². The second kappa shape index (κ2) is 8.78. The molecule has 2 unspecified atom stereocenters. The molecule has 2 amide bonds. The van der Waals surface area contributed by atoms with Crippen molar-refractivity contribution < 1.29 is 24.3 Å². The molecule has 1 heterocycles. The first kappa shape index (κ1) is 23.0. The number of carbonyl (C=O) groups excluding carboxylic acids is 3. The Morgan fingerprint density at radius 2 is 1.43 bits per heavy atom. The summed E-state index contributed by atoms with van der Waals surface area (Å²) in [6.45, 7) is -0.104. The summed E-state index contributed by atoms with van der Waals surface area (Å²) < 4.78 is 0. The molecule has 6 nitrogen and oxygen atoms in total. The molecule has 0 aromatic heterocycles. The Balaban J connectivity index is 1.43. The molecule has 3 aromatic rings. The molecule has 7 heteroatoms. The van der Waals surface area contributed by atoms with Gasteiger partial charge in [0.15, 0.2) is 5.78 Å². The van der Waals surface area contributed by atoms with E-state index in [1.54, 1.807) is 60.7 Å². The van der Waals surface area contributed by atoms with Crippen LogP contribution in [0.1, 0.15) is 50.3 Å². The van der Waals surface area contributed by atoms with Gasteiger partial charge in [-0.1, -0.05) is 66.6 Å². The van der Waals surface area contributed by atoms with Crippen molar-refractivity contribution in [1.82, 2.24) is 4.90 Å². The summed E-state index contributed by atoms with van der Waals surface area (Å²) in [5.41, 5.74) is 1.000. The number of fused-ring (bicyclic) bond motifs is 1. The second-order valence-electron chi connectivity index (χ2n) is 9.05. The van der Waals surface area contributed by atoms with E-state index in [0.29, 0.717) is 34.6 Å². The molecule has 1 aliphatic heterocycles. The summed E-state index contributed by atoms with van der Waals surface area (Å²) in [6.07, 6.45) is 1.12. The van der Waals surface area contributed by atoms with Gasteiger partial charge < -0.3 is 5.11 Å². The first-order chi connectivity index (χ1) is 16.8. The molecule has 1 fully saturated rings. The lowest BCUT2D eigenvalue weighted by Gasteiger charge is -2.32. The summed E-state index contributed by atoms with van der Waals surface area (Å²) in [6, 6.07) is 20.6. The van der Waals surface area contributed by atoms with Gasteiger partial charge in [-0.05, 0) is 48.2 Å². The Morgan fingerprint density at radius 3 is 1.97 bits per heavy atom. The SMILES string of the molecule is O=C1c2ccccc2C(=O)N1CC1CCCC1(C(=O)O)C(=O)c1ccc(-c2ccc(Cl)cc2)cc1. The highest BCUT2D eigenvalue weighted by molar-refractivity contribution is 6.30. The maximum Gasteiger partial charge on any atom is 0.317 e. The number of carboxylic acid groups (broad SMARTS) is 1. The van der Waals surface area contributed by atoms with Crippen LogP contribution in [0.15, 0.2) is 72.8 Å². The fourth-order valence-corrected chi connectivity index (χ4v) is 5.47. The van der Waals surface area contributed by atoms with Crippen LogP contribution in [-0.4, -0.2) is 40.1 Å². The van der Waals surface area contributed by atoms with E-state index >= 15 is 0 Å². The zero-order valence-electron chi connectivity index (χ0n) is 18.7. The number of benzene rings is 3. The fraction of sp³-hybridized carbons (Fsp3) is 0.214. The average molecular weight is 488 g/mol. The Hall–Kier alpha value is -3.77. The molecule has 35 heavy (non-hydrogen) atoms. The number of ketones is 1. The average Bonchev–Trinajstić information content (AvgIpc) is 3.40. The van der Waals surface area contributed by atoms with Crippen LogP contribution in [0.4, 0.5) is 0 Å². The Morgan fingerprint density at radius 1 is 0.886 bits per heavy atom. The van der Waals surface area contributed by atoms with Gasteiger partial charge in [-0.2, -0.15) is 0 Å². The number of nitrogens with zero attached hydrogens (tertiary/aromatic N) is 1. The number of rotatable bonds is 6. The molecule has 0 radical (unpaired) electrons. The van der Waals surface area contributed by atoms with Crippen LogP contribution in [0.3, 0.4) is 0 Å². The lowest BCUT2D eigenvalue weighted by Crippen LogP contribution is -2.47. The molecular formula is C28H22ClNO5. The van der Waals surface area contributed by atoms with Crippen LogP contribution >= 0.6 is 11.6 Å². The van der Waals surface area contributed by atoms with Gasteiger partial charge in [-0.15, -0.1) is 0 Å². The number of imide groups is 1. The minimum Gasteiger partial charge on any atom is -0.480 e. The summed E-state index contributed by atoms with van der Waals surface area (Å²) >= 11 is 5.96. The largest absolute Gasteiger partial charge is 0.480 e. The summed E-state index contributed by atoms with van der Waals surface area (Å²) in [4.78, 5) is 53.1. The molecule has 2 atom stereocenters. The van der Waals surface area contributed by atoms with Crippen LogP contribution < -0.4 is 0 Å². The molecule has 1 N–H and O–H groups in total. The number of aliphatic carboxylic acids is 1. The molecule has 2 aliphatic rings. The van der Waals surface area contributed by atoms with Gasteiger partial charge in [-0.25, -0.2) is 0 Å². The standard InChI is InChI=1S/C28H22ClNO5/c29-21-13-11-18(12-14-21)17-7-9-19(10-8-17)24(31)28(27(34)35)15-3-4-20(28)16-30-25(32)22-5-1-2-6-23(22)26(30)33/h1-2,5-14,20H,3-4,15-16H2,(H,34,35). The van der Waals surface area contributed by atoms with E-state index in [9.17, 15) is 24.3 Å². The maximum atomic E-state index is 13.7. The number of amides is 2. The van der Waals surface area contributed by atoms with Gasteiger partial charge in [0.2, 0.25) is 0 Å². The highest BCUT2D eigenvalue weighted by atomic mass is 35.5. The maximum absolute atomic E-state index is 13.7. The molecule has 0 bridgehead atoms. The molecular weight excluding hydrogens is 466 g/mol. The van der Waals surface area contributed by atoms with Crippen LogP contribution in [0.2, 0.25) is 5.02 Å². The van der Waals surface area contributed by atoms with E-state index in [-0.39, 0.29) is 13.0 Å². The second-order valence-corrected chi connectivity index (χ2v) is 9.48. The lowest BCUT2D eigenvalue weighted by molar-refractivity contribution is -0.148. The topological polar surface area (TPSA) is 91.8 Å². The minimum absolute atomic E-state index is 0.104. The van der Waals surface area contributed by atoms with Gasteiger partial charge in [0, 0.05) is 23.0 Å². The predicted octanol–water partition coefficient (Wildman–Crippen LogP) is 5.36. The molecule has 3 aromatic carbocycles. The van der Waals surface area contributed by atoms with Gasteiger partial charge in [-0.3, -0.25) is 24.1 Å². The van der Waals surface area contributed by atoms with Crippen molar-refractivity contribution in [3.8, 4) is 11.1 Å². The molecule has 176 valence electrons. The zero-order chi connectivity index (χ0) is 24.7. The van der Waals surface area contributed by atoms with Crippen LogP contribution in [-0.2, 0) is 4.79 Å². The predicted molar refractivity (Wildman–Crippen MR) is 130 cm³/mol. The zero-order valence-corrected chi connectivity index (χ0v) is 19.5. The summed E-state index contributed by atoms with van der Waals surface area (Å²) in [5.74, 6) is -3.28. The number of carboxylic acids is 1. The number of hydrogen-bond donors (Lipinski definition) is 1. The number of Topliss-reactive ketones (excluding diaryl/α,β-unsaturated/α-hetero) is 1. The normalized spacial score (nSPS) is 21.3. The van der Waals surface area contributed by atoms with E-state index in [4.69, 9.17) is 11.6 Å². The Labute approximate surface area is 207 Å². The van der Waals surface area contributed by atoms with E-state index < -0.39 is 34.9 Å². The van der Waals surface area contributed by atoms with Gasteiger partial charge in [0.25, 0.3) is 11.8 Å². The van der Waals surface area contributed by atoms with Crippen molar-refractivity contribution in [1.29, 1.82) is 0 Å². The van der Waals surface area contributed by atoms with Crippen molar-refractivity contribution in [2.75, 3.05) is 6.54 Å². The molecule has 1 aliphatic carbocycles. The number of hydrogen-bond acceptors (Lipinski definition) is 4.